The van der Waals surface area contributed by atoms with E-state index in [1.807, 2.05) is 6.07 Å². The topological polar surface area (TPSA) is 44.8 Å². The van der Waals surface area contributed by atoms with Crippen LogP contribution < -0.4 is 14.2 Å². The van der Waals surface area contributed by atoms with Crippen LogP contribution in [0.3, 0.4) is 0 Å². The van der Waals surface area contributed by atoms with Crippen molar-refractivity contribution in [1.82, 2.24) is 0 Å². The molecule has 2 aromatic rings. The highest BCUT2D eigenvalue weighted by Crippen LogP contribution is 2.51. The van der Waals surface area contributed by atoms with Crippen molar-refractivity contribution in [2.45, 2.75) is 31.7 Å². The van der Waals surface area contributed by atoms with Gasteiger partial charge < -0.3 is 18.7 Å². The molecule has 0 saturated carbocycles. The first-order valence-corrected chi connectivity index (χ1v) is 10.2. The quantitative estimate of drug-likeness (QED) is 0.501. The highest BCUT2D eigenvalue weighted by atomic mass is 19.1. The van der Waals surface area contributed by atoms with E-state index < -0.39 is 0 Å². The average molecular weight is 412 g/mol. The zero-order valence-corrected chi connectivity index (χ0v) is 17.4. The number of fused-ring (bicyclic) bond motifs is 2. The Morgan fingerprint density at radius 3 is 2.80 bits per heavy atom. The normalized spacial score (nSPS) is 18.6. The van der Waals surface area contributed by atoms with Crippen LogP contribution in [0, 0.1) is 5.82 Å². The van der Waals surface area contributed by atoms with Crippen molar-refractivity contribution in [3.63, 3.8) is 0 Å². The van der Waals surface area contributed by atoms with E-state index in [4.69, 9.17) is 14.2 Å². The van der Waals surface area contributed by atoms with E-state index in [-0.39, 0.29) is 24.4 Å². The van der Waals surface area contributed by atoms with Crippen LogP contribution in [0.2, 0.25) is 0 Å². The Kier molecular flexibility index (Phi) is 5.52. The summed E-state index contributed by atoms with van der Waals surface area (Å²) in [7, 11) is 4.28. The standard InChI is InChI=1S/C24H27FNO4/c1-4-28-24-22-17(13-21-23(24)30-15-29-21)11-12-26(2,3)20(22)14-19(27)10-7-16-5-8-18(25)9-6-16/h4-6,8-9,13,20H,1,7,10-12,14-15H2,2-3H3/q+1. The zero-order chi connectivity index (χ0) is 21.3. The lowest BCUT2D eigenvalue weighted by atomic mass is 9.86. The van der Waals surface area contributed by atoms with Crippen LogP contribution in [0.5, 0.6) is 17.2 Å². The minimum Gasteiger partial charge on any atom is -0.461 e. The molecule has 0 fully saturated rings. The number of carbonyl (C=O) groups is 1. The van der Waals surface area contributed by atoms with Crippen molar-refractivity contribution < 1.29 is 27.9 Å². The van der Waals surface area contributed by atoms with Gasteiger partial charge in [-0.3, -0.25) is 4.79 Å². The third kappa shape index (κ3) is 3.92. The van der Waals surface area contributed by atoms with E-state index in [0.29, 0.717) is 41.0 Å². The van der Waals surface area contributed by atoms with Crippen LogP contribution in [0.15, 0.2) is 43.2 Å². The Labute approximate surface area is 176 Å². The number of Topliss-reactive ketones (excluding diaryl/α,β-unsaturated/α-hetero) is 1. The molecule has 0 radical (unpaired) electrons. The Hall–Kier alpha value is -2.86. The van der Waals surface area contributed by atoms with Gasteiger partial charge in [0.15, 0.2) is 11.5 Å². The number of benzene rings is 2. The lowest BCUT2D eigenvalue weighted by Crippen LogP contribution is -2.48. The fourth-order valence-electron chi connectivity index (χ4n) is 4.37. The molecule has 0 aromatic heterocycles. The fraction of sp³-hybridized carbons (Fsp3) is 0.375. The third-order valence-electron chi connectivity index (χ3n) is 6.11. The fourth-order valence-corrected chi connectivity index (χ4v) is 4.37. The maximum absolute atomic E-state index is 13.1. The molecule has 0 spiro atoms. The average Bonchev–Trinajstić information content (AvgIpc) is 3.18. The van der Waals surface area contributed by atoms with Crippen molar-refractivity contribution in [3.8, 4) is 17.2 Å². The second-order valence-corrected chi connectivity index (χ2v) is 8.43. The monoisotopic (exact) mass is 412 g/mol. The van der Waals surface area contributed by atoms with E-state index in [9.17, 15) is 9.18 Å². The van der Waals surface area contributed by atoms with Crippen LogP contribution in [-0.2, 0) is 17.6 Å². The van der Waals surface area contributed by atoms with Crippen molar-refractivity contribution in [1.29, 1.82) is 0 Å². The van der Waals surface area contributed by atoms with Crippen LogP contribution in [-0.4, -0.2) is 37.7 Å². The number of hydrogen-bond acceptors (Lipinski definition) is 4. The minimum absolute atomic E-state index is 0.0566. The number of ketones is 1. The molecule has 6 heteroatoms. The molecule has 0 bridgehead atoms. The van der Waals surface area contributed by atoms with Gasteiger partial charge in [-0.15, -0.1) is 0 Å². The smallest absolute Gasteiger partial charge is 0.231 e. The predicted molar refractivity (Wildman–Crippen MR) is 111 cm³/mol. The molecule has 0 amide bonds. The number of hydrogen-bond donors (Lipinski definition) is 0. The predicted octanol–water partition coefficient (Wildman–Crippen LogP) is 4.34. The summed E-state index contributed by atoms with van der Waals surface area (Å²) in [5.41, 5.74) is 3.09. The SMILES string of the molecule is C=COc1c2c(cc3c1C(CC(=O)CCc1ccc(F)cc1)[N+](C)(C)CC3)OCO2. The van der Waals surface area contributed by atoms with Crippen molar-refractivity contribution >= 4 is 5.78 Å². The molecular weight excluding hydrogens is 385 g/mol. The molecule has 1 unspecified atom stereocenters. The Morgan fingerprint density at radius 1 is 1.30 bits per heavy atom. The van der Waals surface area contributed by atoms with E-state index in [0.717, 1.165) is 29.7 Å². The Bertz CT molecular complexity index is 968. The van der Waals surface area contributed by atoms with Gasteiger partial charge in [0.25, 0.3) is 0 Å². The number of carbonyl (C=O) groups excluding carboxylic acids is 1. The molecule has 2 aromatic carbocycles. The molecule has 0 aliphatic carbocycles. The molecule has 30 heavy (non-hydrogen) atoms. The molecule has 2 aliphatic rings. The van der Waals surface area contributed by atoms with E-state index in [1.54, 1.807) is 12.1 Å². The highest BCUT2D eigenvalue weighted by Gasteiger charge is 2.42. The molecule has 158 valence electrons. The number of rotatable bonds is 7. The van der Waals surface area contributed by atoms with Crippen LogP contribution >= 0.6 is 0 Å². The summed E-state index contributed by atoms with van der Waals surface area (Å²) in [6, 6.07) is 8.28. The van der Waals surface area contributed by atoms with Gasteiger partial charge >= 0.3 is 0 Å². The van der Waals surface area contributed by atoms with Gasteiger partial charge in [-0.1, -0.05) is 18.7 Å². The molecular formula is C24H27FNO4+. The van der Waals surface area contributed by atoms with Crippen molar-refractivity contribution in [2.24, 2.45) is 0 Å². The summed E-state index contributed by atoms with van der Waals surface area (Å²) in [4.78, 5) is 13.0. The van der Waals surface area contributed by atoms with Crippen LogP contribution in [0.1, 0.15) is 35.6 Å². The first-order chi connectivity index (χ1) is 14.4. The van der Waals surface area contributed by atoms with Gasteiger partial charge in [-0.25, -0.2) is 4.39 Å². The second-order valence-electron chi connectivity index (χ2n) is 8.43. The molecule has 4 rings (SSSR count). The minimum atomic E-state index is -0.267. The zero-order valence-electron chi connectivity index (χ0n) is 17.4. The molecule has 0 saturated heterocycles. The van der Waals surface area contributed by atoms with Gasteiger partial charge in [0, 0.05) is 12.8 Å². The number of ether oxygens (including phenoxy) is 3. The summed E-state index contributed by atoms with van der Waals surface area (Å²) >= 11 is 0. The lowest BCUT2D eigenvalue weighted by molar-refractivity contribution is -0.922. The number of aryl methyl sites for hydroxylation is 1. The first kappa shape index (κ1) is 20.4. The maximum atomic E-state index is 13.1. The number of halogens is 1. The van der Waals surface area contributed by atoms with Gasteiger partial charge in [-0.2, -0.15) is 0 Å². The molecule has 5 nitrogen and oxygen atoms in total. The molecule has 0 N–H and O–H groups in total. The van der Waals surface area contributed by atoms with Crippen molar-refractivity contribution in [2.75, 3.05) is 27.4 Å². The van der Waals surface area contributed by atoms with Crippen LogP contribution in [0.25, 0.3) is 0 Å². The summed E-state index contributed by atoms with van der Waals surface area (Å²) in [6.07, 6.45) is 3.67. The molecule has 2 heterocycles. The summed E-state index contributed by atoms with van der Waals surface area (Å²) < 4.78 is 30.8. The van der Waals surface area contributed by atoms with E-state index >= 15 is 0 Å². The maximum Gasteiger partial charge on any atom is 0.231 e. The third-order valence-corrected chi connectivity index (χ3v) is 6.11. The summed E-state index contributed by atoms with van der Waals surface area (Å²) in [5, 5.41) is 0. The Balaban J connectivity index is 1.60. The van der Waals surface area contributed by atoms with Crippen LogP contribution in [0.4, 0.5) is 4.39 Å². The molecule has 1 atom stereocenters. The van der Waals surface area contributed by atoms with Crippen molar-refractivity contribution in [3.05, 3.63) is 65.7 Å². The summed E-state index contributed by atoms with van der Waals surface area (Å²) in [6.45, 7) is 4.78. The highest BCUT2D eigenvalue weighted by molar-refractivity contribution is 5.80. The summed E-state index contributed by atoms with van der Waals surface area (Å²) in [5.74, 6) is 1.78. The van der Waals surface area contributed by atoms with Gasteiger partial charge in [-0.05, 0) is 35.7 Å². The second kappa shape index (κ2) is 8.11. The largest absolute Gasteiger partial charge is 0.461 e. The number of likely N-dealkylation sites (N-methyl/N-ethyl adjacent to an activating group) is 1. The number of nitrogens with zero attached hydrogens (tertiary/aromatic N) is 1. The Morgan fingerprint density at radius 2 is 2.07 bits per heavy atom. The lowest BCUT2D eigenvalue weighted by Gasteiger charge is -2.43. The van der Waals surface area contributed by atoms with E-state index in [1.165, 1.54) is 18.4 Å². The van der Waals surface area contributed by atoms with Gasteiger partial charge in [0.2, 0.25) is 12.5 Å². The van der Waals surface area contributed by atoms with Gasteiger partial charge in [0.05, 0.1) is 38.9 Å². The number of quaternary nitrogens is 1. The first-order valence-electron chi connectivity index (χ1n) is 10.2. The molecule has 2 aliphatic heterocycles. The van der Waals surface area contributed by atoms with Gasteiger partial charge in [0.1, 0.15) is 17.6 Å². The van der Waals surface area contributed by atoms with E-state index in [2.05, 4.69) is 20.7 Å².